The molecule has 21 heavy (non-hydrogen) atoms. The van der Waals surface area contributed by atoms with Gasteiger partial charge in [0.1, 0.15) is 6.54 Å². The molecule has 1 rings (SSSR count). The van der Waals surface area contributed by atoms with Crippen LogP contribution in [0.5, 0.6) is 0 Å². The smallest absolute Gasteiger partial charge is 0.325 e. The molecule has 0 fully saturated rings. The maximum Gasteiger partial charge on any atom is 0.325 e. The van der Waals surface area contributed by atoms with Crippen molar-refractivity contribution in [3.63, 3.8) is 0 Å². The molecule has 0 saturated carbocycles. The van der Waals surface area contributed by atoms with Crippen molar-refractivity contribution in [1.82, 2.24) is 4.90 Å². The molecule has 0 bridgehead atoms. The Morgan fingerprint density at radius 2 is 2.05 bits per heavy atom. The monoisotopic (exact) mass is 298 g/mol. The van der Waals surface area contributed by atoms with Crippen molar-refractivity contribution in [3.05, 3.63) is 39.7 Å². The zero-order chi connectivity index (χ0) is 16.0. The molecule has 0 saturated heterocycles. The van der Waals surface area contributed by atoms with Crippen LogP contribution in [0.3, 0.4) is 0 Å². The highest BCUT2D eigenvalue weighted by Gasteiger charge is 2.21. The zero-order valence-electron chi connectivity index (χ0n) is 11.7. The summed E-state index contributed by atoms with van der Waals surface area (Å²) in [6.07, 6.45) is 0. The first-order chi connectivity index (χ1) is 9.90. The third kappa shape index (κ3) is 4.23. The molecule has 0 spiro atoms. The number of ether oxygens (including phenoxy) is 1. The van der Waals surface area contributed by atoms with E-state index >= 15 is 0 Å². The van der Waals surface area contributed by atoms with Crippen LogP contribution in [-0.2, 0) is 9.53 Å². The van der Waals surface area contributed by atoms with E-state index in [4.69, 9.17) is 4.74 Å². The Hall–Kier alpha value is -2.51. The topological polar surface area (TPSA) is 89.8 Å². The second kappa shape index (κ2) is 7.32. The van der Waals surface area contributed by atoms with Crippen molar-refractivity contribution < 1.29 is 23.6 Å². The van der Waals surface area contributed by atoms with Crippen molar-refractivity contribution in [3.8, 4) is 0 Å². The SMILES string of the molecule is CCOC(=O)CN(CC)C(=O)c1ccc([N+](=O)[O-])c(F)c1. The number of amides is 1. The summed E-state index contributed by atoms with van der Waals surface area (Å²) in [5.41, 5.74) is -0.774. The number of likely N-dealkylation sites (N-methyl/N-ethyl adjacent to an activating group) is 1. The number of carbonyl (C=O) groups is 2. The number of hydrogen-bond acceptors (Lipinski definition) is 5. The predicted molar refractivity (Wildman–Crippen MR) is 71.3 cm³/mol. The second-order valence-corrected chi connectivity index (χ2v) is 4.05. The van der Waals surface area contributed by atoms with Gasteiger partial charge < -0.3 is 9.64 Å². The summed E-state index contributed by atoms with van der Waals surface area (Å²) in [7, 11) is 0. The van der Waals surface area contributed by atoms with E-state index < -0.39 is 28.3 Å². The van der Waals surface area contributed by atoms with Crippen LogP contribution < -0.4 is 0 Å². The molecule has 114 valence electrons. The molecule has 0 aliphatic heterocycles. The Bertz CT molecular complexity index is 561. The van der Waals surface area contributed by atoms with E-state index in [-0.39, 0.29) is 25.3 Å². The lowest BCUT2D eigenvalue weighted by Gasteiger charge is -2.19. The number of benzene rings is 1. The summed E-state index contributed by atoms with van der Waals surface area (Å²) in [5.74, 6) is -2.27. The average Bonchev–Trinajstić information content (AvgIpc) is 2.43. The number of nitro groups is 1. The molecule has 1 amide bonds. The normalized spacial score (nSPS) is 10.0. The summed E-state index contributed by atoms with van der Waals surface area (Å²) in [4.78, 5) is 34.3. The van der Waals surface area contributed by atoms with Gasteiger partial charge in [-0.15, -0.1) is 0 Å². The minimum Gasteiger partial charge on any atom is -0.465 e. The highest BCUT2D eigenvalue weighted by molar-refractivity contribution is 5.96. The Balaban J connectivity index is 2.92. The number of rotatable bonds is 6. The van der Waals surface area contributed by atoms with Gasteiger partial charge in [-0.05, 0) is 26.0 Å². The molecule has 1 aromatic carbocycles. The van der Waals surface area contributed by atoms with Crippen LogP contribution in [-0.4, -0.2) is 41.4 Å². The third-order valence-corrected chi connectivity index (χ3v) is 2.69. The van der Waals surface area contributed by atoms with E-state index in [2.05, 4.69) is 0 Å². The standard InChI is InChI=1S/C13H15FN2O5/c1-3-15(8-12(17)21-4-2)13(18)9-5-6-11(16(19)20)10(14)7-9/h5-7H,3-4,8H2,1-2H3. The largest absolute Gasteiger partial charge is 0.465 e. The van der Waals surface area contributed by atoms with Crippen LogP contribution in [0.25, 0.3) is 0 Å². The zero-order valence-corrected chi connectivity index (χ0v) is 11.7. The maximum atomic E-state index is 13.5. The molecule has 0 atom stereocenters. The average molecular weight is 298 g/mol. The van der Waals surface area contributed by atoms with Gasteiger partial charge in [-0.25, -0.2) is 0 Å². The van der Waals surface area contributed by atoms with Crippen LogP contribution in [0, 0.1) is 15.9 Å². The molecule has 0 radical (unpaired) electrons. The lowest BCUT2D eigenvalue weighted by atomic mass is 10.1. The van der Waals surface area contributed by atoms with Crippen molar-refractivity contribution in [2.75, 3.05) is 19.7 Å². The highest BCUT2D eigenvalue weighted by Crippen LogP contribution is 2.19. The van der Waals surface area contributed by atoms with E-state index in [9.17, 15) is 24.1 Å². The van der Waals surface area contributed by atoms with Gasteiger partial charge in [0.15, 0.2) is 0 Å². The van der Waals surface area contributed by atoms with Gasteiger partial charge in [0.05, 0.1) is 11.5 Å². The fourth-order valence-corrected chi connectivity index (χ4v) is 1.66. The minimum atomic E-state index is -1.10. The summed E-state index contributed by atoms with van der Waals surface area (Å²) in [6, 6.07) is 2.85. The molecule has 8 heteroatoms. The fraction of sp³-hybridized carbons (Fsp3) is 0.385. The number of hydrogen-bond donors (Lipinski definition) is 0. The quantitative estimate of drug-likeness (QED) is 0.453. The Morgan fingerprint density at radius 1 is 1.38 bits per heavy atom. The molecule has 0 aliphatic rings. The molecule has 7 nitrogen and oxygen atoms in total. The molecule has 0 heterocycles. The summed E-state index contributed by atoms with van der Waals surface area (Å²) in [5, 5.41) is 10.5. The fourth-order valence-electron chi connectivity index (χ4n) is 1.66. The van der Waals surface area contributed by atoms with Crippen molar-refractivity contribution >= 4 is 17.6 Å². The van der Waals surface area contributed by atoms with E-state index in [0.29, 0.717) is 0 Å². The van der Waals surface area contributed by atoms with Crippen molar-refractivity contribution in [1.29, 1.82) is 0 Å². The molecule has 0 aromatic heterocycles. The molecular formula is C13H15FN2O5. The van der Waals surface area contributed by atoms with Crippen LogP contribution in [0.1, 0.15) is 24.2 Å². The summed E-state index contributed by atoms with van der Waals surface area (Å²) < 4.78 is 18.2. The van der Waals surface area contributed by atoms with E-state index in [1.165, 1.54) is 4.90 Å². The van der Waals surface area contributed by atoms with Gasteiger partial charge in [-0.3, -0.25) is 19.7 Å². The molecule has 0 N–H and O–H groups in total. The van der Waals surface area contributed by atoms with Gasteiger partial charge in [-0.2, -0.15) is 4.39 Å². The van der Waals surface area contributed by atoms with Crippen LogP contribution in [0.4, 0.5) is 10.1 Å². The molecule has 0 unspecified atom stereocenters. The van der Waals surface area contributed by atoms with Gasteiger partial charge in [0, 0.05) is 18.2 Å². The van der Waals surface area contributed by atoms with Gasteiger partial charge in [-0.1, -0.05) is 0 Å². The Labute approximate surface area is 120 Å². The first-order valence-corrected chi connectivity index (χ1v) is 6.29. The van der Waals surface area contributed by atoms with E-state index in [0.717, 1.165) is 18.2 Å². The van der Waals surface area contributed by atoms with Crippen LogP contribution >= 0.6 is 0 Å². The summed E-state index contributed by atoms with van der Waals surface area (Å²) >= 11 is 0. The Morgan fingerprint density at radius 3 is 2.52 bits per heavy atom. The maximum absolute atomic E-state index is 13.5. The minimum absolute atomic E-state index is 0.0655. The lowest BCUT2D eigenvalue weighted by Crippen LogP contribution is -2.36. The van der Waals surface area contributed by atoms with Gasteiger partial charge >= 0.3 is 11.7 Å². The third-order valence-electron chi connectivity index (χ3n) is 2.69. The van der Waals surface area contributed by atoms with E-state index in [1.54, 1.807) is 13.8 Å². The van der Waals surface area contributed by atoms with E-state index in [1.807, 2.05) is 0 Å². The first kappa shape index (κ1) is 16.5. The number of nitro benzene ring substituents is 1. The molecule has 1 aromatic rings. The van der Waals surface area contributed by atoms with Crippen molar-refractivity contribution in [2.45, 2.75) is 13.8 Å². The molecular weight excluding hydrogens is 283 g/mol. The second-order valence-electron chi connectivity index (χ2n) is 4.05. The number of esters is 1. The Kier molecular flexibility index (Phi) is 5.77. The highest BCUT2D eigenvalue weighted by atomic mass is 19.1. The first-order valence-electron chi connectivity index (χ1n) is 6.29. The van der Waals surface area contributed by atoms with Gasteiger partial charge in [0.2, 0.25) is 5.82 Å². The van der Waals surface area contributed by atoms with Crippen LogP contribution in [0.15, 0.2) is 18.2 Å². The number of nitrogens with zero attached hydrogens (tertiary/aromatic N) is 2. The van der Waals surface area contributed by atoms with Gasteiger partial charge in [0.25, 0.3) is 5.91 Å². The van der Waals surface area contributed by atoms with Crippen molar-refractivity contribution in [2.24, 2.45) is 0 Å². The molecule has 0 aliphatic carbocycles. The summed E-state index contributed by atoms with van der Waals surface area (Å²) in [6.45, 7) is 3.44. The lowest BCUT2D eigenvalue weighted by molar-refractivity contribution is -0.387. The van der Waals surface area contributed by atoms with Crippen LogP contribution in [0.2, 0.25) is 0 Å². The number of carbonyl (C=O) groups excluding carboxylic acids is 2. The number of halogens is 1. The predicted octanol–water partition coefficient (Wildman–Crippen LogP) is 1.76.